The van der Waals surface area contributed by atoms with Crippen molar-refractivity contribution in [2.75, 3.05) is 13.2 Å². The van der Waals surface area contributed by atoms with E-state index in [2.05, 4.69) is 5.32 Å². The predicted octanol–water partition coefficient (Wildman–Crippen LogP) is 1.04. The van der Waals surface area contributed by atoms with E-state index < -0.39 is 5.91 Å². The lowest BCUT2D eigenvalue weighted by molar-refractivity contribution is -0.148. The minimum absolute atomic E-state index is 0.108. The summed E-state index contributed by atoms with van der Waals surface area (Å²) in [5.74, 6) is -0.907. The van der Waals surface area contributed by atoms with Gasteiger partial charge < -0.3 is 10.1 Å². The molecule has 1 aromatic rings. The third-order valence-corrected chi connectivity index (χ3v) is 3.77. The molecule has 0 radical (unpaired) electrons. The SMILES string of the molecule is O=C(CC(COC(=O)[C@@H]1CCCN1)Cc1ccccc1)NO. The topological polar surface area (TPSA) is 87.7 Å². The molecule has 1 saturated heterocycles. The molecule has 2 atom stereocenters. The van der Waals surface area contributed by atoms with Crippen LogP contribution in [0.2, 0.25) is 0 Å². The molecular weight excluding hydrogens is 284 g/mol. The van der Waals surface area contributed by atoms with Crippen LogP contribution in [0.25, 0.3) is 0 Å². The second-order valence-corrected chi connectivity index (χ2v) is 5.57. The van der Waals surface area contributed by atoms with Gasteiger partial charge in [0, 0.05) is 12.3 Å². The molecular formula is C16H22N2O4. The van der Waals surface area contributed by atoms with Gasteiger partial charge in [-0.25, -0.2) is 5.48 Å². The number of hydroxylamine groups is 1. The van der Waals surface area contributed by atoms with Gasteiger partial charge in [0.05, 0.1) is 6.61 Å². The highest BCUT2D eigenvalue weighted by atomic mass is 16.5. The molecule has 0 saturated carbocycles. The molecule has 1 aliphatic heterocycles. The fraction of sp³-hybridized carbons (Fsp3) is 0.500. The summed E-state index contributed by atoms with van der Waals surface area (Å²) < 4.78 is 5.34. The Labute approximate surface area is 129 Å². The van der Waals surface area contributed by atoms with Crippen LogP contribution >= 0.6 is 0 Å². The van der Waals surface area contributed by atoms with Crippen molar-refractivity contribution < 1.29 is 19.5 Å². The van der Waals surface area contributed by atoms with Crippen molar-refractivity contribution in [2.24, 2.45) is 5.92 Å². The maximum absolute atomic E-state index is 11.9. The van der Waals surface area contributed by atoms with Crippen LogP contribution in [-0.2, 0) is 20.7 Å². The van der Waals surface area contributed by atoms with Gasteiger partial charge in [0.1, 0.15) is 6.04 Å². The van der Waals surface area contributed by atoms with E-state index in [4.69, 9.17) is 9.94 Å². The van der Waals surface area contributed by atoms with Crippen LogP contribution in [0.4, 0.5) is 0 Å². The highest BCUT2D eigenvalue weighted by molar-refractivity contribution is 5.76. The second kappa shape index (κ2) is 8.51. The van der Waals surface area contributed by atoms with Crippen molar-refractivity contribution in [2.45, 2.75) is 31.7 Å². The molecule has 2 rings (SSSR count). The molecule has 0 aliphatic carbocycles. The first-order valence-corrected chi connectivity index (χ1v) is 7.56. The summed E-state index contributed by atoms with van der Waals surface area (Å²) >= 11 is 0. The molecule has 22 heavy (non-hydrogen) atoms. The van der Waals surface area contributed by atoms with Gasteiger partial charge in [-0.1, -0.05) is 30.3 Å². The van der Waals surface area contributed by atoms with Crippen LogP contribution in [0.5, 0.6) is 0 Å². The zero-order chi connectivity index (χ0) is 15.8. The third-order valence-electron chi connectivity index (χ3n) is 3.77. The molecule has 1 amide bonds. The maximum Gasteiger partial charge on any atom is 0.323 e. The Kier molecular flexibility index (Phi) is 6.36. The van der Waals surface area contributed by atoms with Crippen LogP contribution < -0.4 is 10.8 Å². The molecule has 3 N–H and O–H groups in total. The van der Waals surface area contributed by atoms with E-state index >= 15 is 0 Å². The number of esters is 1. The van der Waals surface area contributed by atoms with Crippen molar-refractivity contribution in [1.82, 2.24) is 10.8 Å². The first-order valence-electron chi connectivity index (χ1n) is 7.56. The molecule has 120 valence electrons. The van der Waals surface area contributed by atoms with Crippen molar-refractivity contribution in [3.8, 4) is 0 Å². The molecule has 0 spiro atoms. The summed E-state index contributed by atoms with van der Waals surface area (Å²) in [6.45, 7) is 0.999. The quantitative estimate of drug-likeness (QED) is 0.398. The zero-order valence-corrected chi connectivity index (χ0v) is 12.5. The lowest BCUT2D eigenvalue weighted by atomic mass is 9.96. The highest BCUT2D eigenvalue weighted by Gasteiger charge is 2.25. The van der Waals surface area contributed by atoms with Gasteiger partial charge in [0.25, 0.3) is 0 Å². The van der Waals surface area contributed by atoms with Gasteiger partial charge in [0.2, 0.25) is 5.91 Å². The molecule has 1 heterocycles. The number of hydrogen-bond acceptors (Lipinski definition) is 5. The molecule has 6 heteroatoms. The number of carbonyl (C=O) groups is 2. The molecule has 1 aliphatic rings. The fourth-order valence-corrected chi connectivity index (χ4v) is 2.63. The van der Waals surface area contributed by atoms with E-state index in [1.165, 1.54) is 0 Å². The number of benzene rings is 1. The lowest BCUT2D eigenvalue weighted by Gasteiger charge is -2.18. The molecule has 1 fully saturated rings. The second-order valence-electron chi connectivity index (χ2n) is 5.57. The van der Waals surface area contributed by atoms with Crippen LogP contribution in [-0.4, -0.2) is 36.3 Å². The van der Waals surface area contributed by atoms with E-state index in [1.54, 1.807) is 5.48 Å². The van der Waals surface area contributed by atoms with Crippen LogP contribution in [0, 0.1) is 5.92 Å². The Morgan fingerprint density at radius 1 is 1.36 bits per heavy atom. The van der Waals surface area contributed by atoms with Crippen LogP contribution in [0.15, 0.2) is 30.3 Å². The Morgan fingerprint density at radius 2 is 2.14 bits per heavy atom. The minimum atomic E-state index is -0.476. The number of nitrogens with one attached hydrogen (secondary N) is 2. The fourth-order valence-electron chi connectivity index (χ4n) is 2.63. The Bertz CT molecular complexity index is 486. The number of rotatable bonds is 7. The summed E-state index contributed by atoms with van der Waals surface area (Å²) in [7, 11) is 0. The standard InChI is InChI=1S/C16H22N2O4/c19-15(18-21)10-13(9-12-5-2-1-3-6-12)11-22-16(20)14-7-4-8-17-14/h1-3,5-6,13-14,17,21H,4,7-11H2,(H,18,19)/t13?,14-/m0/s1. The van der Waals surface area contributed by atoms with Gasteiger partial charge >= 0.3 is 5.97 Å². The summed E-state index contributed by atoms with van der Waals surface area (Å²) in [5, 5.41) is 11.8. The van der Waals surface area contributed by atoms with E-state index in [-0.39, 0.29) is 31.0 Å². The zero-order valence-electron chi connectivity index (χ0n) is 12.5. The van der Waals surface area contributed by atoms with Crippen LogP contribution in [0.3, 0.4) is 0 Å². The van der Waals surface area contributed by atoms with Crippen LogP contribution in [0.1, 0.15) is 24.8 Å². The van der Waals surface area contributed by atoms with Gasteiger partial charge in [-0.3, -0.25) is 14.8 Å². The Balaban J connectivity index is 1.89. The normalized spacial score (nSPS) is 18.7. The molecule has 0 bridgehead atoms. The van der Waals surface area contributed by atoms with Gasteiger partial charge in [-0.05, 0) is 31.4 Å². The minimum Gasteiger partial charge on any atom is -0.464 e. The molecule has 1 aromatic carbocycles. The maximum atomic E-state index is 11.9. The first-order chi connectivity index (χ1) is 10.7. The number of carbonyl (C=O) groups excluding carboxylic acids is 2. The average molecular weight is 306 g/mol. The average Bonchev–Trinajstić information content (AvgIpc) is 3.07. The van der Waals surface area contributed by atoms with Crippen molar-refractivity contribution >= 4 is 11.9 Å². The van der Waals surface area contributed by atoms with Crippen molar-refractivity contribution in [3.63, 3.8) is 0 Å². The summed E-state index contributed by atoms with van der Waals surface area (Å²) in [4.78, 5) is 23.3. The largest absolute Gasteiger partial charge is 0.464 e. The van der Waals surface area contributed by atoms with Gasteiger partial charge in [-0.2, -0.15) is 0 Å². The molecule has 1 unspecified atom stereocenters. The van der Waals surface area contributed by atoms with E-state index in [1.807, 2.05) is 30.3 Å². The summed E-state index contributed by atoms with van der Waals surface area (Å²) in [6.07, 6.45) is 2.48. The predicted molar refractivity (Wildman–Crippen MR) is 80.2 cm³/mol. The first kappa shape index (κ1) is 16.5. The van der Waals surface area contributed by atoms with Gasteiger partial charge in [0.15, 0.2) is 0 Å². The number of amides is 1. The lowest BCUT2D eigenvalue weighted by Crippen LogP contribution is -2.34. The Hall–Kier alpha value is -1.92. The number of hydrogen-bond donors (Lipinski definition) is 3. The highest BCUT2D eigenvalue weighted by Crippen LogP contribution is 2.14. The van der Waals surface area contributed by atoms with Crippen molar-refractivity contribution in [1.29, 1.82) is 0 Å². The molecule has 0 aromatic heterocycles. The summed E-state index contributed by atoms with van der Waals surface area (Å²) in [5.41, 5.74) is 2.70. The number of ether oxygens (including phenoxy) is 1. The molecule has 6 nitrogen and oxygen atoms in total. The van der Waals surface area contributed by atoms with E-state index in [0.717, 1.165) is 24.9 Å². The Morgan fingerprint density at radius 3 is 2.77 bits per heavy atom. The van der Waals surface area contributed by atoms with Crippen molar-refractivity contribution in [3.05, 3.63) is 35.9 Å². The monoisotopic (exact) mass is 306 g/mol. The van der Waals surface area contributed by atoms with E-state index in [9.17, 15) is 9.59 Å². The summed E-state index contributed by atoms with van der Waals surface area (Å²) in [6, 6.07) is 9.46. The third kappa shape index (κ3) is 5.13. The van der Waals surface area contributed by atoms with Gasteiger partial charge in [-0.15, -0.1) is 0 Å². The van der Waals surface area contributed by atoms with E-state index in [0.29, 0.717) is 6.42 Å². The smallest absolute Gasteiger partial charge is 0.323 e.